The number of rotatable bonds is 10. The number of aromatic nitrogens is 1. The van der Waals surface area contributed by atoms with Gasteiger partial charge in [0.2, 0.25) is 5.88 Å². The van der Waals surface area contributed by atoms with E-state index in [2.05, 4.69) is 15.2 Å². The molecule has 20 heavy (non-hydrogen) atoms. The van der Waals surface area contributed by atoms with Crippen LogP contribution in [0.25, 0.3) is 0 Å². The van der Waals surface area contributed by atoms with Crippen LogP contribution < -0.4 is 15.0 Å². The standard InChI is InChI=1S/C13H26N4O2S/c1-16(2)7-9-19-8-6-14-10-11-12(18-5)15-13(20-11)17(3)4/h14H,6-10H2,1-5H3. The molecular weight excluding hydrogens is 276 g/mol. The number of anilines is 1. The van der Waals surface area contributed by atoms with Crippen molar-refractivity contribution in [1.29, 1.82) is 0 Å². The van der Waals surface area contributed by atoms with Crippen LogP contribution in [0.2, 0.25) is 0 Å². The number of nitrogens with zero attached hydrogens (tertiary/aromatic N) is 3. The predicted molar refractivity (Wildman–Crippen MR) is 84.1 cm³/mol. The lowest BCUT2D eigenvalue weighted by atomic mass is 10.5. The second kappa shape index (κ2) is 9.12. The predicted octanol–water partition coefficient (Wildman–Crippen LogP) is 0.886. The van der Waals surface area contributed by atoms with Crippen molar-refractivity contribution in [3.63, 3.8) is 0 Å². The van der Waals surface area contributed by atoms with Crippen LogP contribution in [-0.2, 0) is 11.3 Å². The van der Waals surface area contributed by atoms with Crippen LogP contribution in [-0.4, -0.2) is 71.5 Å². The normalized spacial score (nSPS) is 11.1. The quantitative estimate of drug-likeness (QED) is 0.648. The van der Waals surface area contributed by atoms with Gasteiger partial charge in [0.15, 0.2) is 5.13 Å². The molecule has 0 atom stereocenters. The Balaban J connectivity index is 2.24. The van der Waals surface area contributed by atoms with Gasteiger partial charge < -0.3 is 24.6 Å². The van der Waals surface area contributed by atoms with E-state index < -0.39 is 0 Å². The summed E-state index contributed by atoms with van der Waals surface area (Å²) in [5.41, 5.74) is 0. The molecule has 0 spiro atoms. The van der Waals surface area contributed by atoms with E-state index in [1.54, 1.807) is 18.4 Å². The van der Waals surface area contributed by atoms with E-state index in [0.29, 0.717) is 5.88 Å². The Bertz CT molecular complexity index is 382. The van der Waals surface area contributed by atoms with Crippen molar-refractivity contribution in [2.45, 2.75) is 6.54 Å². The Morgan fingerprint density at radius 1 is 1.20 bits per heavy atom. The minimum Gasteiger partial charge on any atom is -0.480 e. The number of hydrogen-bond acceptors (Lipinski definition) is 7. The highest BCUT2D eigenvalue weighted by Crippen LogP contribution is 2.29. The highest BCUT2D eigenvalue weighted by molar-refractivity contribution is 7.15. The number of methoxy groups -OCH3 is 1. The summed E-state index contributed by atoms with van der Waals surface area (Å²) in [7, 11) is 9.70. The van der Waals surface area contributed by atoms with Gasteiger partial charge in [-0.15, -0.1) is 0 Å². The molecule has 0 aromatic carbocycles. The summed E-state index contributed by atoms with van der Waals surface area (Å²) in [6.07, 6.45) is 0. The summed E-state index contributed by atoms with van der Waals surface area (Å²) >= 11 is 1.64. The van der Waals surface area contributed by atoms with E-state index in [0.717, 1.165) is 42.9 Å². The van der Waals surface area contributed by atoms with Gasteiger partial charge in [0.25, 0.3) is 0 Å². The van der Waals surface area contributed by atoms with Crippen molar-refractivity contribution < 1.29 is 9.47 Å². The number of hydrogen-bond donors (Lipinski definition) is 1. The third-order valence-corrected chi connectivity index (χ3v) is 3.82. The Labute approximate surface area is 125 Å². The maximum absolute atomic E-state index is 5.53. The lowest BCUT2D eigenvalue weighted by molar-refractivity contribution is 0.119. The molecule has 7 heteroatoms. The van der Waals surface area contributed by atoms with Crippen LogP contribution in [0.1, 0.15) is 4.88 Å². The van der Waals surface area contributed by atoms with Gasteiger partial charge >= 0.3 is 0 Å². The summed E-state index contributed by atoms with van der Waals surface area (Å²) in [6.45, 7) is 4.02. The summed E-state index contributed by atoms with van der Waals surface area (Å²) in [5.74, 6) is 0.708. The molecule has 0 saturated heterocycles. The van der Waals surface area contributed by atoms with E-state index in [4.69, 9.17) is 9.47 Å². The molecule has 1 aromatic rings. The molecule has 0 aliphatic heterocycles. The van der Waals surface area contributed by atoms with Crippen molar-refractivity contribution in [1.82, 2.24) is 15.2 Å². The van der Waals surface area contributed by atoms with E-state index in [1.165, 1.54) is 0 Å². The molecule has 0 bridgehead atoms. The second-order valence-electron chi connectivity index (χ2n) is 4.92. The first-order chi connectivity index (χ1) is 9.54. The van der Waals surface area contributed by atoms with E-state index in [9.17, 15) is 0 Å². The monoisotopic (exact) mass is 302 g/mol. The van der Waals surface area contributed by atoms with E-state index >= 15 is 0 Å². The smallest absolute Gasteiger partial charge is 0.230 e. The molecule has 1 aromatic heterocycles. The Morgan fingerprint density at radius 2 is 1.95 bits per heavy atom. The molecule has 0 saturated carbocycles. The summed E-state index contributed by atoms with van der Waals surface area (Å²) in [6, 6.07) is 0. The van der Waals surface area contributed by atoms with Crippen LogP contribution >= 0.6 is 11.3 Å². The van der Waals surface area contributed by atoms with Crippen LogP contribution in [0.3, 0.4) is 0 Å². The highest BCUT2D eigenvalue weighted by Gasteiger charge is 2.12. The average molecular weight is 302 g/mol. The molecule has 0 unspecified atom stereocenters. The zero-order valence-corrected chi connectivity index (χ0v) is 13.9. The van der Waals surface area contributed by atoms with Crippen molar-refractivity contribution in [2.75, 3.05) is 66.5 Å². The highest BCUT2D eigenvalue weighted by atomic mass is 32.1. The van der Waals surface area contributed by atoms with Gasteiger partial charge in [0.1, 0.15) is 0 Å². The number of nitrogens with one attached hydrogen (secondary N) is 1. The van der Waals surface area contributed by atoms with Gasteiger partial charge in [-0.1, -0.05) is 11.3 Å². The fourth-order valence-electron chi connectivity index (χ4n) is 1.48. The summed E-state index contributed by atoms with van der Waals surface area (Å²) in [5, 5.41) is 4.31. The first-order valence-corrected chi connectivity index (χ1v) is 7.50. The van der Waals surface area contributed by atoms with E-state index in [-0.39, 0.29) is 0 Å². The Kier molecular flexibility index (Phi) is 7.83. The largest absolute Gasteiger partial charge is 0.480 e. The maximum atomic E-state index is 5.53. The fraction of sp³-hybridized carbons (Fsp3) is 0.769. The number of ether oxygens (including phenoxy) is 2. The SMILES string of the molecule is COc1nc(N(C)C)sc1CNCCOCCN(C)C. The van der Waals surface area contributed by atoms with Gasteiger partial charge in [-0.05, 0) is 14.1 Å². The number of thiazole rings is 1. The Hall–Kier alpha value is -0.890. The third-order valence-electron chi connectivity index (χ3n) is 2.62. The van der Waals surface area contributed by atoms with Crippen molar-refractivity contribution in [3.8, 4) is 5.88 Å². The van der Waals surface area contributed by atoms with Gasteiger partial charge in [-0.3, -0.25) is 0 Å². The molecule has 0 radical (unpaired) electrons. The first kappa shape index (κ1) is 17.2. The zero-order chi connectivity index (χ0) is 15.0. The molecule has 0 aliphatic rings. The lowest BCUT2D eigenvalue weighted by Crippen LogP contribution is -2.22. The van der Waals surface area contributed by atoms with Crippen molar-refractivity contribution in [2.24, 2.45) is 0 Å². The minimum atomic E-state index is 0.708. The van der Waals surface area contributed by atoms with Gasteiger partial charge in [-0.25, -0.2) is 0 Å². The minimum absolute atomic E-state index is 0.708. The van der Waals surface area contributed by atoms with Gasteiger partial charge in [0, 0.05) is 33.7 Å². The second-order valence-corrected chi connectivity index (χ2v) is 5.98. The molecule has 0 aliphatic carbocycles. The summed E-state index contributed by atoms with van der Waals surface area (Å²) in [4.78, 5) is 9.63. The molecular formula is C13H26N4O2S. The Morgan fingerprint density at radius 3 is 2.55 bits per heavy atom. The van der Waals surface area contributed by atoms with Crippen LogP contribution in [0.5, 0.6) is 5.88 Å². The van der Waals surface area contributed by atoms with Crippen LogP contribution in [0.4, 0.5) is 5.13 Å². The molecule has 1 N–H and O–H groups in total. The average Bonchev–Trinajstić information content (AvgIpc) is 2.80. The molecule has 1 heterocycles. The van der Waals surface area contributed by atoms with Crippen LogP contribution in [0, 0.1) is 0 Å². The summed E-state index contributed by atoms with van der Waals surface area (Å²) < 4.78 is 10.8. The van der Waals surface area contributed by atoms with Crippen molar-refractivity contribution >= 4 is 16.5 Å². The zero-order valence-electron chi connectivity index (χ0n) is 13.1. The topological polar surface area (TPSA) is 49.9 Å². The molecule has 0 amide bonds. The van der Waals surface area contributed by atoms with E-state index in [1.807, 2.05) is 33.1 Å². The lowest BCUT2D eigenvalue weighted by Gasteiger charge is -2.10. The maximum Gasteiger partial charge on any atom is 0.230 e. The van der Waals surface area contributed by atoms with Gasteiger partial charge in [-0.2, -0.15) is 4.98 Å². The first-order valence-electron chi connectivity index (χ1n) is 6.68. The van der Waals surface area contributed by atoms with Crippen LogP contribution in [0.15, 0.2) is 0 Å². The van der Waals surface area contributed by atoms with Gasteiger partial charge in [0.05, 0.1) is 25.2 Å². The molecule has 116 valence electrons. The van der Waals surface area contributed by atoms with Crippen molar-refractivity contribution in [3.05, 3.63) is 4.88 Å². The third kappa shape index (κ3) is 6.04. The molecule has 6 nitrogen and oxygen atoms in total. The molecule has 0 fully saturated rings. The fourth-order valence-corrected chi connectivity index (χ4v) is 2.41. The molecule has 1 rings (SSSR count). The number of likely N-dealkylation sites (N-methyl/N-ethyl adjacent to an activating group) is 1.